The lowest BCUT2D eigenvalue weighted by Crippen LogP contribution is -2.57. The van der Waals surface area contributed by atoms with E-state index in [9.17, 15) is 4.79 Å². The Hall–Kier alpha value is -1.10. The monoisotopic (exact) mass is 295 g/mol. The predicted molar refractivity (Wildman–Crippen MR) is 81.8 cm³/mol. The van der Waals surface area contributed by atoms with Crippen molar-refractivity contribution in [3.63, 3.8) is 0 Å². The molecular weight excluding hydrogens is 274 g/mol. The Kier molecular flexibility index (Phi) is 5.02. The van der Waals surface area contributed by atoms with E-state index < -0.39 is 5.54 Å². The number of nitrogens with one attached hydrogen (secondary N) is 1. The van der Waals surface area contributed by atoms with Gasteiger partial charge in [0.25, 0.3) is 0 Å². The summed E-state index contributed by atoms with van der Waals surface area (Å²) >= 11 is 5.91. The average Bonchev–Trinajstić information content (AvgIpc) is 2.70. The van der Waals surface area contributed by atoms with Crippen LogP contribution in [0.4, 0.5) is 0 Å². The van der Waals surface area contributed by atoms with Crippen molar-refractivity contribution in [3.05, 3.63) is 34.9 Å². The number of rotatable bonds is 4. The summed E-state index contributed by atoms with van der Waals surface area (Å²) in [5, 5.41) is 4.05. The van der Waals surface area contributed by atoms with Gasteiger partial charge in [0.1, 0.15) is 5.54 Å². The lowest BCUT2D eigenvalue weighted by molar-refractivity contribution is -0.129. The fraction of sp³-hybridized carbons (Fsp3) is 0.533. The molecule has 1 unspecified atom stereocenters. The molecule has 1 aliphatic heterocycles. The van der Waals surface area contributed by atoms with Crippen LogP contribution in [0.15, 0.2) is 24.3 Å². The quantitative estimate of drug-likeness (QED) is 0.883. The number of hydrogen-bond donors (Lipinski definition) is 2. The van der Waals surface area contributed by atoms with Crippen molar-refractivity contribution in [2.45, 2.75) is 25.3 Å². The van der Waals surface area contributed by atoms with Crippen LogP contribution in [0.1, 0.15) is 18.9 Å². The second-order valence-electron chi connectivity index (χ2n) is 5.53. The lowest BCUT2D eigenvalue weighted by atomic mass is 9.89. The smallest absolute Gasteiger partial charge is 0.238 e. The number of halogens is 1. The molecule has 1 aliphatic rings. The molecule has 1 saturated heterocycles. The summed E-state index contributed by atoms with van der Waals surface area (Å²) in [4.78, 5) is 14.2. The van der Waals surface area contributed by atoms with Crippen LogP contribution < -0.4 is 11.1 Å². The molecule has 0 aromatic heterocycles. The summed E-state index contributed by atoms with van der Waals surface area (Å²) in [6.45, 7) is 5.55. The topological polar surface area (TPSA) is 58.4 Å². The van der Waals surface area contributed by atoms with Crippen LogP contribution in [0.5, 0.6) is 0 Å². The SMILES string of the molecule is CC(Cc1ccc(Cl)cc1)(C(N)=O)N1CCCNCC1. The molecule has 1 amide bonds. The van der Waals surface area contributed by atoms with Gasteiger partial charge in [-0.2, -0.15) is 0 Å². The van der Waals surface area contributed by atoms with Gasteiger partial charge >= 0.3 is 0 Å². The number of carbonyl (C=O) groups excluding carboxylic acids is 1. The van der Waals surface area contributed by atoms with Gasteiger partial charge in [0.15, 0.2) is 0 Å². The molecule has 1 heterocycles. The van der Waals surface area contributed by atoms with E-state index in [1.807, 2.05) is 31.2 Å². The Labute approximate surface area is 125 Å². The first-order valence-electron chi connectivity index (χ1n) is 7.02. The van der Waals surface area contributed by atoms with E-state index in [-0.39, 0.29) is 5.91 Å². The van der Waals surface area contributed by atoms with Gasteiger partial charge in [-0.05, 0) is 44.0 Å². The lowest BCUT2D eigenvalue weighted by Gasteiger charge is -2.38. The number of carbonyl (C=O) groups is 1. The van der Waals surface area contributed by atoms with Crippen LogP contribution in [0, 0.1) is 0 Å². The predicted octanol–water partition coefficient (Wildman–Crippen LogP) is 1.42. The zero-order valence-electron chi connectivity index (χ0n) is 11.9. The molecule has 5 heteroatoms. The summed E-state index contributed by atoms with van der Waals surface area (Å²) in [6, 6.07) is 7.61. The molecule has 3 N–H and O–H groups in total. The average molecular weight is 296 g/mol. The van der Waals surface area contributed by atoms with Crippen molar-refractivity contribution in [3.8, 4) is 0 Å². The second-order valence-corrected chi connectivity index (χ2v) is 5.97. The number of primary amides is 1. The number of amides is 1. The van der Waals surface area contributed by atoms with E-state index >= 15 is 0 Å². The highest BCUT2D eigenvalue weighted by atomic mass is 35.5. The van der Waals surface area contributed by atoms with Gasteiger partial charge in [0.05, 0.1) is 0 Å². The highest BCUT2D eigenvalue weighted by molar-refractivity contribution is 6.30. The maximum absolute atomic E-state index is 12.0. The summed E-state index contributed by atoms with van der Waals surface area (Å²) in [6.07, 6.45) is 1.64. The maximum Gasteiger partial charge on any atom is 0.238 e. The zero-order chi connectivity index (χ0) is 14.6. The normalized spacial score (nSPS) is 20.1. The summed E-state index contributed by atoms with van der Waals surface area (Å²) in [7, 11) is 0. The molecular formula is C15H22ClN3O. The van der Waals surface area contributed by atoms with Crippen LogP contribution in [0.25, 0.3) is 0 Å². The van der Waals surface area contributed by atoms with Crippen molar-refractivity contribution >= 4 is 17.5 Å². The van der Waals surface area contributed by atoms with E-state index in [0.717, 1.165) is 38.2 Å². The molecule has 0 spiro atoms. The van der Waals surface area contributed by atoms with E-state index in [0.29, 0.717) is 11.4 Å². The highest BCUT2D eigenvalue weighted by Crippen LogP contribution is 2.23. The number of hydrogen-bond acceptors (Lipinski definition) is 3. The molecule has 1 aromatic rings. The van der Waals surface area contributed by atoms with Gasteiger partial charge in [0.2, 0.25) is 5.91 Å². The van der Waals surface area contributed by atoms with Gasteiger partial charge in [0, 0.05) is 24.7 Å². The van der Waals surface area contributed by atoms with E-state index in [1.165, 1.54) is 0 Å². The molecule has 1 fully saturated rings. The molecule has 110 valence electrons. The van der Waals surface area contributed by atoms with Crippen LogP contribution in [-0.4, -0.2) is 42.5 Å². The molecule has 2 rings (SSSR count). The van der Waals surface area contributed by atoms with Gasteiger partial charge in [-0.3, -0.25) is 9.69 Å². The minimum absolute atomic E-state index is 0.269. The van der Waals surface area contributed by atoms with Gasteiger partial charge in [-0.15, -0.1) is 0 Å². The fourth-order valence-corrected chi connectivity index (χ4v) is 2.82. The van der Waals surface area contributed by atoms with Gasteiger partial charge in [-0.1, -0.05) is 23.7 Å². The number of nitrogens with zero attached hydrogens (tertiary/aromatic N) is 1. The Morgan fingerprint density at radius 2 is 2.05 bits per heavy atom. The van der Waals surface area contributed by atoms with E-state index in [4.69, 9.17) is 17.3 Å². The van der Waals surface area contributed by atoms with Crippen LogP contribution >= 0.6 is 11.6 Å². The molecule has 1 aromatic carbocycles. The Bertz CT molecular complexity index is 455. The van der Waals surface area contributed by atoms with Gasteiger partial charge < -0.3 is 11.1 Å². The van der Waals surface area contributed by atoms with Crippen molar-refractivity contribution in [2.75, 3.05) is 26.2 Å². The standard InChI is InChI=1S/C15H22ClN3O/c1-15(14(17)20,19-9-2-7-18-8-10-19)11-12-3-5-13(16)6-4-12/h3-6,18H,2,7-11H2,1H3,(H2,17,20). The first-order chi connectivity index (χ1) is 9.52. The number of nitrogens with two attached hydrogens (primary N) is 1. The Balaban J connectivity index is 2.19. The molecule has 20 heavy (non-hydrogen) atoms. The maximum atomic E-state index is 12.0. The largest absolute Gasteiger partial charge is 0.368 e. The third-order valence-corrected chi connectivity index (χ3v) is 4.28. The van der Waals surface area contributed by atoms with Crippen LogP contribution in [0.2, 0.25) is 5.02 Å². The number of benzene rings is 1. The van der Waals surface area contributed by atoms with E-state index in [1.54, 1.807) is 0 Å². The fourth-order valence-electron chi connectivity index (χ4n) is 2.69. The van der Waals surface area contributed by atoms with Crippen molar-refractivity contribution in [1.29, 1.82) is 0 Å². The highest BCUT2D eigenvalue weighted by Gasteiger charge is 2.37. The van der Waals surface area contributed by atoms with Crippen LogP contribution in [0.3, 0.4) is 0 Å². The Morgan fingerprint density at radius 3 is 2.70 bits per heavy atom. The Morgan fingerprint density at radius 1 is 1.35 bits per heavy atom. The molecule has 0 bridgehead atoms. The van der Waals surface area contributed by atoms with Crippen molar-refractivity contribution in [2.24, 2.45) is 5.73 Å². The molecule has 0 radical (unpaired) electrons. The second kappa shape index (κ2) is 6.57. The molecule has 0 saturated carbocycles. The van der Waals surface area contributed by atoms with Gasteiger partial charge in [-0.25, -0.2) is 0 Å². The summed E-state index contributed by atoms with van der Waals surface area (Å²) in [5.41, 5.74) is 6.13. The third kappa shape index (κ3) is 3.51. The first kappa shape index (κ1) is 15.3. The third-order valence-electron chi connectivity index (χ3n) is 4.03. The zero-order valence-corrected chi connectivity index (χ0v) is 12.6. The van der Waals surface area contributed by atoms with E-state index in [2.05, 4.69) is 10.2 Å². The van der Waals surface area contributed by atoms with Crippen molar-refractivity contribution in [1.82, 2.24) is 10.2 Å². The molecule has 0 aliphatic carbocycles. The summed E-state index contributed by atoms with van der Waals surface area (Å²) in [5.74, 6) is -0.269. The first-order valence-corrected chi connectivity index (χ1v) is 7.40. The van der Waals surface area contributed by atoms with Crippen LogP contribution in [-0.2, 0) is 11.2 Å². The molecule has 4 nitrogen and oxygen atoms in total. The minimum Gasteiger partial charge on any atom is -0.368 e. The molecule has 1 atom stereocenters. The van der Waals surface area contributed by atoms with Crippen molar-refractivity contribution < 1.29 is 4.79 Å². The minimum atomic E-state index is -0.653. The summed E-state index contributed by atoms with van der Waals surface area (Å²) < 4.78 is 0.